The summed E-state index contributed by atoms with van der Waals surface area (Å²) in [6, 6.07) is 2.09. The summed E-state index contributed by atoms with van der Waals surface area (Å²) in [5.74, 6) is -0.836. The fourth-order valence-corrected chi connectivity index (χ4v) is 4.16. The molecule has 0 aliphatic heterocycles. The van der Waals surface area contributed by atoms with E-state index in [0.29, 0.717) is 0 Å². The topological polar surface area (TPSA) is 57.6 Å². The van der Waals surface area contributed by atoms with Crippen LogP contribution in [0.25, 0.3) is 0 Å². The standard InChI is InChI=1S/C13H17ClFNO3S/c1-16(10-4-2-3-5-10)20(18,19)11-6-9(8-17)13(14)12(15)7-11/h6-7,10,17H,2-5,8H2,1H3. The van der Waals surface area contributed by atoms with Gasteiger partial charge in [0.25, 0.3) is 0 Å². The van der Waals surface area contributed by atoms with Crippen LogP contribution in [0.3, 0.4) is 0 Å². The monoisotopic (exact) mass is 321 g/mol. The zero-order valence-electron chi connectivity index (χ0n) is 11.1. The van der Waals surface area contributed by atoms with Crippen LogP contribution < -0.4 is 0 Å². The van der Waals surface area contributed by atoms with E-state index in [1.54, 1.807) is 0 Å². The number of rotatable bonds is 4. The van der Waals surface area contributed by atoms with Crippen LogP contribution in [0.15, 0.2) is 17.0 Å². The first-order valence-electron chi connectivity index (χ1n) is 6.44. The molecule has 112 valence electrons. The Bertz CT molecular complexity index is 600. The molecule has 1 aromatic rings. The van der Waals surface area contributed by atoms with Crippen molar-refractivity contribution in [1.82, 2.24) is 4.31 Å². The van der Waals surface area contributed by atoms with Gasteiger partial charge in [-0.05, 0) is 25.0 Å². The zero-order chi connectivity index (χ0) is 14.9. The van der Waals surface area contributed by atoms with Gasteiger partial charge >= 0.3 is 0 Å². The molecule has 1 aliphatic carbocycles. The molecule has 0 bridgehead atoms. The molecule has 0 saturated heterocycles. The Hall–Kier alpha value is -0.690. The van der Waals surface area contributed by atoms with E-state index in [1.807, 2.05) is 0 Å². The number of nitrogens with zero attached hydrogens (tertiary/aromatic N) is 1. The van der Waals surface area contributed by atoms with E-state index in [1.165, 1.54) is 17.4 Å². The van der Waals surface area contributed by atoms with Crippen molar-refractivity contribution in [2.75, 3.05) is 7.05 Å². The summed E-state index contributed by atoms with van der Waals surface area (Å²) in [5, 5.41) is 8.88. The summed E-state index contributed by atoms with van der Waals surface area (Å²) in [6.45, 7) is -0.508. The quantitative estimate of drug-likeness (QED) is 0.927. The Morgan fingerprint density at radius 1 is 1.40 bits per heavy atom. The number of aliphatic hydroxyl groups is 1. The van der Waals surface area contributed by atoms with Gasteiger partial charge in [-0.2, -0.15) is 4.31 Å². The van der Waals surface area contributed by atoms with Crippen LogP contribution in [-0.2, 0) is 16.6 Å². The van der Waals surface area contributed by atoms with Crippen LogP contribution in [-0.4, -0.2) is 30.9 Å². The summed E-state index contributed by atoms with van der Waals surface area (Å²) >= 11 is 5.68. The van der Waals surface area contributed by atoms with Crippen LogP contribution in [0.1, 0.15) is 31.2 Å². The van der Waals surface area contributed by atoms with Gasteiger partial charge in [0.15, 0.2) is 0 Å². The predicted octanol–water partition coefficient (Wildman–Crippen LogP) is 2.53. The molecule has 0 heterocycles. The van der Waals surface area contributed by atoms with Gasteiger partial charge in [-0.25, -0.2) is 12.8 Å². The summed E-state index contributed by atoms with van der Waals surface area (Å²) in [4.78, 5) is -0.169. The molecule has 1 aromatic carbocycles. The second-order valence-electron chi connectivity index (χ2n) is 5.00. The predicted molar refractivity (Wildman–Crippen MR) is 74.5 cm³/mol. The van der Waals surface area contributed by atoms with Crippen LogP contribution in [0.2, 0.25) is 5.02 Å². The summed E-state index contributed by atoms with van der Waals surface area (Å²) in [5.41, 5.74) is 0.0741. The van der Waals surface area contributed by atoms with Crippen molar-refractivity contribution in [3.8, 4) is 0 Å². The molecule has 2 rings (SSSR count). The van der Waals surface area contributed by atoms with Crippen molar-refractivity contribution in [1.29, 1.82) is 0 Å². The maximum Gasteiger partial charge on any atom is 0.243 e. The van der Waals surface area contributed by atoms with Gasteiger partial charge in [-0.3, -0.25) is 0 Å². The van der Waals surface area contributed by atoms with Crippen LogP contribution in [0.4, 0.5) is 4.39 Å². The third-order valence-electron chi connectivity index (χ3n) is 3.76. The molecule has 4 nitrogen and oxygen atoms in total. The van der Waals surface area contributed by atoms with E-state index >= 15 is 0 Å². The molecule has 7 heteroatoms. The lowest BCUT2D eigenvalue weighted by Gasteiger charge is -2.24. The minimum absolute atomic E-state index is 0.0451. The van der Waals surface area contributed by atoms with Crippen molar-refractivity contribution in [2.24, 2.45) is 0 Å². The van der Waals surface area contributed by atoms with Crippen LogP contribution >= 0.6 is 11.6 Å². The smallest absolute Gasteiger partial charge is 0.243 e. The fraction of sp³-hybridized carbons (Fsp3) is 0.538. The maximum atomic E-state index is 13.7. The second kappa shape index (κ2) is 5.97. The van der Waals surface area contributed by atoms with Gasteiger partial charge in [-0.1, -0.05) is 24.4 Å². The van der Waals surface area contributed by atoms with E-state index in [-0.39, 0.29) is 21.5 Å². The number of hydrogen-bond acceptors (Lipinski definition) is 3. The Morgan fingerprint density at radius 2 is 2.00 bits per heavy atom. The van der Waals surface area contributed by atoms with Crippen molar-refractivity contribution >= 4 is 21.6 Å². The Balaban J connectivity index is 2.41. The molecule has 0 radical (unpaired) electrons. The normalized spacial score (nSPS) is 17.1. The SMILES string of the molecule is CN(C1CCCC1)S(=O)(=O)c1cc(F)c(Cl)c(CO)c1. The highest BCUT2D eigenvalue weighted by Gasteiger charge is 2.31. The van der Waals surface area contributed by atoms with Crippen molar-refractivity contribution < 1.29 is 17.9 Å². The third-order valence-corrected chi connectivity index (χ3v) is 6.07. The molecule has 1 N–H and O–H groups in total. The molecule has 0 atom stereocenters. The fourth-order valence-electron chi connectivity index (χ4n) is 2.51. The highest BCUT2D eigenvalue weighted by atomic mass is 35.5. The highest BCUT2D eigenvalue weighted by Crippen LogP contribution is 2.30. The lowest BCUT2D eigenvalue weighted by Crippen LogP contribution is -2.35. The van der Waals surface area contributed by atoms with E-state index in [0.717, 1.165) is 31.7 Å². The van der Waals surface area contributed by atoms with E-state index in [4.69, 9.17) is 16.7 Å². The first-order chi connectivity index (χ1) is 9.37. The molecule has 0 aromatic heterocycles. The maximum absolute atomic E-state index is 13.7. The third kappa shape index (κ3) is 2.83. The number of benzene rings is 1. The molecule has 0 amide bonds. The van der Waals surface area contributed by atoms with E-state index in [9.17, 15) is 12.8 Å². The summed E-state index contributed by atoms with van der Waals surface area (Å²) in [6.07, 6.45) is 3.64. The minimum Gasteiger partial charge on any atom is -0.392 e. The Labute approximate surface area is 123 Å². The first-order valence-corrected chi connectivity index (χ1v) is 8.26. The Kier molecular flexibility index (Phi) is 4.69. The minimum atomic E-state index is -3.77. The number of sulfonamides is 1. The van der Waals surface area contributed by atoms with Crippen molar-refractivity contribution in [2.45, 2.75) is 43.2 Å². The van der Waals surface area contributed by atoms with Gasteiger partial charge in [0.2, 0.25) is 10.0 Å². The number of hydrogen-bond donors (Lipinski definition) is 1. The number of aliphatic hydroxyl groups excluding tert-OH is 1. The first kappa shape index (κ1) is 15.7. The van der Waals surface area contributed by atoms with Gasteiger partial charge in [0.05, 0.1) is 16.5 Å². The summed E-state index contributed by atoms with van der Waals surface area (Å²) in [7, 11) is -2.26. The molecule has 0 unspecified atom stereocenters. The van der Waals surface area contributed by atoms with E-state index in [2.05, 4.69) is 0 Å². The highest BCUT2D eigenvalue weighted by molar-refractivity contribution is 7.89. The Morgan fingerprint density at radius 3 is 2.55 bits per heavy atom. The van der Waals surface area contributed by atoms with Gasteiger partial charge in [0.1, 0.15) is 5.82 Å². The molecule has 1 fully saturated rings. The molecule has 20 heavy (non-hydrogen) atoms. The lowest BCUT2D eigenvalue weighted by molar-refractivity contribution is 0.281. The molecule has 1 saturated carbocycles. The molecule has 0 spiro atoms. The summed E-state index contributed by atoms with van der Waals surface area (Å²) < 4.78 is 39.9. The lowest BCUT2D eigenvalue weighted by atomic mass is 10.2. The average Bonchev–Trinajstić information content (AvgIpc) is 2.94. The largest absolute Gasteiger partial charge is 0.392 e. The number of halogens is 2. The molecular formula is C13H17ClFNO3S. The molecule has 1 aliphatic rings. The van der Waals surface area contributed by atoms with Crippen LogP contribution in [0, 0.1) is 5.82 Å². The van der Waals surface area contributed by atoms with Crippen molar-refractivity contribution in [3.63, 3.8) is 0 Å². The van der Waals surface area contributed by atoms with Gasteiger partial charge < -0.3 is 5.11 Å². The molecular weight excluding hydrogens is 305 g/mol. The van der Waals surface area contributed by atoms with E-state index < -0.39 is 22.4 Å². The van der Waals surface area contributed by atoms with Gasteiger partial charge in [0, 0.05) is 18.7 Å². The van der Waals surface area contributed by atoms with Gasteiger partial charge in [-0.15, -0.1) is 0 Å². The average molecular weight is 322 g/mol. The second-order valence-corrected chi connectivity index (χ2v) is 7.37. The van der Waals surface area contributed by atoms with Crippen molar-refractivity contribution in [3.05, 3.63) is 28.5 Å². The zero-order valence-corrected chi connectivity index (χ0v) is 12.7. The van der Waals surface area contributed by atoms with Crippen LogP contribution in [0.5, 0.6) is 0 Å².